The Balaban J connectivity index is 1.87. The number of benzene rings is 1. The number of para-hydroxylation sites is 1. The highest BCUT2D eigenvalue weighted by molar-refractivity contribution is 14.1. The monoisotopic (exact) mass is 387 g/mol. The maximum atomic E-state index is 12.1. The summed E-state index contributed by atoms with van der Waals surface area (Å²) in [6.07, 6.45) is 2.06. The predicted octanol–water partition coefficient (Wildman–Crippen LogP) is 2.29. The Morgan fingerprint density at radius 2 is 2.25 bits per heavy atom. The van der Waals surface area contributed by atoms with Gasteiger partial charge in [0, 0.05) is 22.7 Å². The SMILES string of the molecule is CCC1CN(CC(=O)Nc2ccccc2I)CCC1N. The van der Waals surface area contributed by atoms with E-state index in [4.69, 9.17) is 5.73 Å². The number of likely N-dealkylation sites (tertiary alicyclic amines) is 1. The van der Waals surface area contributed by atoms with Gasteiger partial charge in [0.1, 0.15) is 0 Å². The highest BCUT2D eigenvalue weighted by Crippen LogP contribution is 2.19. The van der Waals surface area contributed by atoms with Crippen molar-refractivity contribution in [3.63, 3.8) is 0 Å². The number of nitrogens with one attached hydrogen (secondary N) is 1. The van der Waals surface area contributed by atoms with E-state index < -0.39 is 0 Å². The average Bonchev–Trinajstić information content (AvgIpc) is 2.43. The lowest BCUT2D eigenvalue weighted by molar-refractivity contribution is -0.117. The third-order valence-corrected chi connectivity index (χ3v) is 4.86. The van der Waals surface area contributed by atoms with E-state index in [-0.39, 0.29) is 11.9 Å². The molecule has 2 rings (SSSR count). The second-order valence-electron chi connectivity index (χ2n) is 5.38. The van der Waals surface area contributed by atoms with Gasteiger partial charge in [-0.25, -0.2) is 0 Å². The number of hydrogen-bond acceptors (Lipinski definition) is 3. The summed E-state index contributed by atoms with van der Waals surface area (Å²) in [6.45, 7) is 4.46. The van der Waals surface area contributed by atoms with Crippen molar-refractivity contribution >= 4 is 34.2 Å². The number of halogens is 1. The Morgan fingerprint density at radius 1 is 1.50 bits per heavy atom. The summed E-state index contributed by atoms with van der Waals surface area (Å²) in [7, 11) is 0. The first-order valence-electron chi connectivity index (χ1n) is 7.12. The maximum Gasteiger partial charge on any atom is 0.238 e. The molecule has 2 unspecified atom stereocenters. The van der Waals surface area contributed by atoms with Crippen molar-refractivity contribution < 1.29 is 4.79 Å². The summed E-state index contributed by atoms with van der Waals surface area (Å²) in [5.41, 5.74) is 6.99. The highest BCUT2D eigenvalue weighted by Gasteiger charge is 2.26. The van der Waals surface area contributed by atoms with Crippen molar-refractivity contribution in [1.29, 1.82) is 0 Å². The van der Waals surface area contributed by atoms with Crippen molar-refractivity contribution in [2.75, 3.05) is 25.0 Å². The van der Waals surface area contributed by atoms with E-state index in [0.717, 1.165) is 35.2 Å². The quantitative estimate of drug-likeness (QED) is 0.780. The largest absolute Gasteiger partial charge is 0.327 e. The molecule has 1 aliphatic rings. The van der Waals surface area contributed by atoms with Gasteiger partial charge < -0.3 is 11.1 Å². The van der Waals surface area contributed by atoms with Crippen LogP contribution in [-0.2, 0) is 4.79 Å². The number of amides is 1. The zero-order valence-electron chi connectivity index (χ0n) is 11.8. The highest BCUT2D eigenvalue weighted by atomic mass is 127. The minimum Gasteiger partial charge on any atom is -0.327 e. The number of nitrogens with two attached hydrogens (primary N) is 1. The number of piperidine rings is 1. The van der Waals surface area contributed by atoms with Crippen LogP contribution < -0.4 is 11.1 Å². The molecule has 4 nitrogen and oxygen atoms in total. The first-order valence-corrected chi connectivity index (χ1v) is 8.20. The van der Waals surface area contributed by atoms with E-state index in [1.165, 1.54) is 0 Å². The zero-order valence-corrected chi connectivity index (χ0v) is 14.0. The Kier molecular flexibility index (Phi) is 5.80. The van der Waals surface area contributed by atoms with Crippen LogP contribution in [0.15, 0.2) is 24.3 Å². The third-order valence-electron chi connectivity index (χ3n) is 3.92. The Hall–Kier alpha value is -0.660. The van der Waals surface area contributed by atoms with Crippen molar-refractivity contribution in [3.05, 3.63) is 27.8 Å². The van der Waals surface area contributed by atoms with Crippen LogP contribution in [0.1, 0.15) is 19.8 Å². The van der Waals surface area contributed by atoms with Crippen molar-refractivity contribution in [2.24, 2.45) is 11.7 Å². The van der Waals surface area contributed by atoms with E-state index in [1.54, 1.807) is 0 Å². The molecule has 2 atom stereocenters. The molecule has 0 bridgehead atoms. The first kappa shape index (κ1) is 15.7. The van der Waals surface area contributed by atoms with Crippen LogP contribution in [0, 0.1) is 9.49 Å². The molecular formula is C15H22IN3O. The second kappa shape index (κ2) is 7.38. The van der Waals surface area contributed by atoms with Gasteiger partial charge in [-0.1, -0.05) is 25.5 Å². The summed E-state index contributed by atoms with van der Waals surface area (Å²) < 4.78 is 1.06. The molecule has 5 heteroatoms. The van der Waals surface area contributed by atoms with Gasteiger partial charge in [-0.3, -0.25) is 9.69 Å². The molecule has 20 heavy (non-hydrogen) atoms. The summed E-state index contributed by atoms with van der Waals surface area (Å²) in [5.74, 6) is 0.563. The van der Waals surface area contributed by atoms with Gasteiger partial charge in [-0.05, 0) is 47.1 Å². The van der Waals surface area contributed by atoms with Crippen LogP contribution in [0.25, 0.3) is 0 Å². The molecule has 0 aliphatic carbocycles. The molecule has 110 valence electrons. The summed E-state index contributed by atoms with van der Waals surface area (Å²) >= 11 is 2.23. The van der Waals surface area contributed by atoms with Crippen LogP contribution in [0.3, 0.4) is 0 Å². The van der Waals surface area contributed by atoms with E-state index in [2.05, 4.69) is 39.7 Å². The Morgan fingerprint density at radius 3 is 2.95 bits per heavy atom. The average molecular weight is 387 g/mol. The van der Waals surface area contributed by atoms with Crippen molar-refractivity contribution in [2.45, 2.75) is 25.8 Å². The molecule has 1 saturated heterocycles. The number of nitrogens with zero attached hydrogens (tertiary/aromatic N) is 1. The van der Waals surface area contributed by atoms with Gasteiger partial charge in [-0.2, -0.15) is 0 Å². The minimum absolute atomic E-state index is 0.0550. The van der Waals surface area contributed by atoms with Crippen LogP contribution >= 0.6 is 22.6 Å². The van der Waals surface area contributed by atoms with Gasteiger partial charge in [0.2, 0.25) is 5.91 Å². The number of rotatable bonds is 4. The first-order chi connectivity index (χ1) is 9.60. The van der Waals surface area contributed by atoms with E-state index in [9.17, 15) is 4.79 Å². The molecule has 1 amide bonds. The molecular weight excluding hydrogens is 365 g/mol. The van der Waals surface area contributed by atoms with Gasteiger partial charge in [0.25, 0.3) is 0 Å². The molecule has 0 aromatic heterocycles. The van der Waals surface area contributed by atoms with Crippen molar-refractivity contribution in [1.82, 2.24) is 4.90 Å². The summed E-state index contributed by atoms with van der Waals surface area (Å²) in [6, 6.07) is 8.11. The molecule has 1 aromatic carbocycles. The lowest BCUT2D eigenvalue weighted by Gasteiger charge is -2.36. The lowest BCUT2D eigenvalue weighted by Crippen LogP contribution is -2.48. The lowest BCUT2D eigenvalue weighted by atomic mass is 9.91. The standard InChI is InChI=1S/C15H22IN3O/c1-2-11-9-19(8-7-13(11)17)10-15(20)18-14-6-4-3-5-12(14)16/h3-6,11,13H,2,7-10,17H2,1H3,(H,18,20). The van der Waals surface area contributed by atoms with Gasteiger partial charge in [-0.15, -0.1) is 0 Å². The van der Waals surface area contributed by atoms with Crippen LogP contribution in [0.4, 0.5) is 5.69 Å². The fraction of sp³-hybridized carbons (Fsp3) is 0.533. The van der Waals surface area contributed by atoms with Gasteiger partial charge in [0.05, 0.1) is 12.2 Å². The van der Waals surface area contributed by atoms with Crippen LogP contribution in [0.5, 0.6) is 0 Å². The van der Waals surface area contributed by atoms with E-state index in [1.807, 2.05) is 24.3 Å². The maximum absolute atomic E-state index is 12.1. The molecule has 0 spiro atoms. The van der Waals surface area contributed by atoms with Gasteiger partial charge in [0.15, 0.2) is 0 Å². The third kappa shape index (κ3) is 4.17. The van der Waals surface area contributed by atoms with E-state index >= 15 is 0 Å². The molecule has 1 fully saturated rings. The number of carbonyl (C=O) groups excluding carboxylic acids is 1. The molecule has 0 saturated carbocycles. The number of hydrogen-bond donors (Lipinski definition) is 2. The summed E-state index contributed by atoms with van der Waals surface area (Å²) in [5, 5.41) is 2.98. The Bertz CT molecular complexity index is 466. The number of anilines is 1. The second-order valence-corrected chi connectivity index (χ2v) is 6.55. The van der Waals surface area contributed by atoms with Crippen LogP contribution in [0.2, 0.25) is 0 Å². The molecule has 1 aromatic rings. The Labute approximate surface area is 134 Å². The fourth-order valence-electron chi connectivity index (χ4n) is 2.66. The number of carbonyl (C=O) groups is 1. The smallest absolute Gasteiger partial charge is 0.238 e. The fourth-order valence-corrected chi connectivity index (χ4v) is 3.18. The van der Waals surface area contributed by atoms with Crippen LogP contribution in [-0.4, -0.2) is 36.5 Å². The molecule has 0 radical (unpaired) electrons. The van der Waals surface area contributed by atoms with Crippen molar-refractivity contribution in [3.8, 4) is 0 Å². The zero-order chi connectivity index (χ0) is 14.5. The molecule has 1 aliphatic heterocycles. The predicted molar refractivity (Wildman–Crippen MR) is 90.6 cm³/mol. The minimum atomic E-state index is 0.0550. The van der Waals surface area contributed by atoms with E-state index in [0.29, 0.717) is 12.5 Å². The van der Waals surface area contributed by atoms with Gasteiger partial charge >= 0.3 is 0 Å². The normalized spacial score (nSPS) is 23.6. The molecule has 1 heterocycles. The topological polar surface area (TPSA) is 58.4 Å². The molecule has 3 N–H and O–H groups in total. The summed E-state index contributed by atoms with van der Waals surface area (Å²) in [4.78, 5) is 14.3.